The van der Waals surface area contributed by atoms with E-state index in [0.29, 0.717) is 31.3 Å². The van der Waals surface area contributed by atoms with Crippen LogP contribution < -0.4 is 21.1 Å². The van der Waals surface area contributed by atoms with Gasteiger partial charge < -0.3 is 21.1 Å². The highest BCUT2D eigenvalue weighted by molar-refractivity contribution is 14.0. The molecule has 1 fully saturated rings. The van der Waals surface area contributed by atoms with E-state index in [1.807, 2.05) is 18.2 Å². The van der Waals surface area contributed by atoms with Gasteiger partial charge in [0.25, 0.3) is 12.3 Å². The topological polar surface area (TPSA) is 92.0 Å². The molecule has 1 heterocycles. The number of carbonyl (C=O) groups is 1. The van der Waals surface area contributed by atoms with Gasteiger partial charge in [0.15, 0.2) is 12.6 Å². The van der Waals surface area contributed by atoms with Gasteiger partial charge in [-0.25, -0.2) is 8.78 Å². The van der Waals surface area contributed by atoms with Crippen LogP contribution in [0.1, 0.15) is 18.4 Å². The lowest BCUT2D eigenvalue weighted by molar-refractivity contribution is -0.119. The average molecular weight is 511 g/mol. The second-order valence-corrected chi connectivity index (χ2v) is 6.44. The number of carbonyl (C=O) groups excluding carboxylic acids is 1. The largest absolute Gasteiger partial charge is 0.484 e. The number of aliphatic imine (C=N–C) groups is 1. The summed E-state index contributed by atoms with van der Waals surface area (Å²) in [5.74, 6) is 0.705. The molecule has 1 aromatic rings. The molecular formula is C18H28F2IN5O2. The molecule has 0 unspecified atom stereocenters. The van der Waals surface area contributed by atoms with Crippen molar-refractivity contribution in [3.8, 4) is 5.75 Å². The van der Waals surface area contributed by atoms with Gasteiger partial charge in [-0.3, -0.25) is 14.7 Å². The zero-order valence-electron chi connectivity index (χ0n) is 15.9. The average Bonchev–Trinajstić information content (AvgIpc) is 2.64. The summed E-state index contributed by atoms with van der Waals surface area (Å²) in [6.07, 6.45) is -0.695. The number of rotatable bonds is 8. The maximum Gasteiger partial charge on any atom is 0.255 e. The Hall–Kier alpha value is -1.69. The zero-order chi connectivity index (χ0) is 19.6. The number of halogens is 3. The van der Waals surface area contributed by atoms with Crippen molar-refractivity contribution in [2.75, 3.05) is 33.3 Å². The number of guanidine groups is 1. The summed E-state index contributed by atoms with van der Waals surface area (Å²) in [6.45, 7) is 1.51. The van der Waals surface area contributed by atoms with Gasteiger partial charge in [0, 0.05) is 32.7 Å². The Morgan fingerprint density at radius 3 is 2.71 bits per heavy atom. The van der Waals surface area contributed by atoms with E-state index in [1.54, 1.807) is 18.0 Å². The highest BCUT2D eigenvalue weighted by atomic mass is 127. The van der Waals surface area contributed by atoms with E-state index in [2.05, 4.69) is 15.6 Å². The molecule has 0 spiro atoms. The molecule has 28 heavy (non-hydrogen) atoms. The van der Waals surface area contributed by atoms with Gasteiger partial charge in [0.1, 0.15) is 5.75 Å². The van der Waals surface area contributed by atoms with Crippen molar-refractivity contribution in [3.05, 3.63) is 29.8 Å². The van der Waals surface area contributed by atoms with Crippen LogP contribution in [-0.2, 0) is 11.3 Å². The second-order valence-electron chi connectivity index (χ2n) is 6.44. The normalized spacial score (nSPS) is 15.8. The first kappa shape index (κ1) is 24.3. The Balaban J connectivity index is 0.00000392. The number of nitrogens with two attached hydrogens (primary N) is 1. The van der Waals surface area contributed by atoms with Gasteiger partial charge in [-0.1, -0.05) is 12.1 Å². The number of likely N-dealkylation sites (tertiary alicyclic amines) is 1. The maximum absolute atomic E-state index is 12.4. The number of piperidine rings is 1. The SMILES string of the molecule is CN=C(NCc1cccc(OCC(N)=O)c1)NC1CCN(CC(F)F)CC1.I. The van der Waals surface area contributed by atoms with Crippen LogP contribution in [0.3, 0.4) is 0 Å². The van der Waals surface area contributed by atoms with Crippen molar-refractivity contribution in [3.63, 3.8) is 0 Å². The highest BCUT2D eigenvalue weighted by Gasteiger charge is 2.21. The third-order valence-corrected chi connectivity index (χ3v) is 4.29. The number of nitrogens with one attached hydrogen (secondary N) is 2. The Labute approximate surface area is 181 Å². The van der Waals surface area contributed by atoms with Crippen molar-refractivity contribution in [2.24, 2.45) is 10.7 Å². The van der Waals surface area contributed by atoms with E-state index >= 15 is 0 Å². The van der Waals surface area contributed by atoms with Gasteiger partial charge >= 0.3 is 0 Å². The fourth-order valence-corrected chi connectivity index (χ4v) is 2.93. The Kier molecular flexibility index (Phi) is 11.0. The second kappa shape index (κ2) is 12.7. The van der Waals surface area contributed by atoms with E-state index in [4.69, 9.17) is 10.5 Å². The molecule has 4 N–H and O–H groups in total. The molecule has 1 aliphatic rings. The number of alkyl halides is 2. The van der Waals surface area contributed by atoms with Crippen LogP contribution in [0.2, 0.25) is 0 Å². The molecule has 0 aliphatic carbocycles. The summed E-state index contributed by atoms with van der Waals surface area (Å²) in [6, 6.07) is 7.55. The van der Waals surface area contributed by atoms with E-state index in [0.717, 1.165) is 18.4 Å². The van der Waals surface area contributed by atoms with Crippen LogP contribution in [0.5, 0.6) is 5.75 Å². The highest BCUT2D eigenvalue weighted by Crippen LogP contribution is 2.14. The minimum Gasteiger partial charge on any atom is -0.484 e. The first-order valence-corrected chi connectivity index (χ1v) is 8.94. The zero-order valence-corrected chi connectivity index (χ0v) is 18.2. The first-order chi connectivity index (χ1) is 13.0. The molecular weight excluding hydrogens is 483 g/mol. The standard InChI is InChI=1S/C18H27F2N5O2.HI/c1-22-18(24-14-5-7-25(8-6-14)11-16(19)20)23-10-13-3-2-4-15(9-13)27-12-17(21)26;/h2-4,9,14,16H,5-8,10-12H2,1H3,(H2,21,26)(H2,22,23,24);1H. The summed E-state index contributed by atoms with van der Waals surface area (Å²) in [5, 5.41) is 6.56. The molecule has 1 saturated heterocycles. The summed E-state index contributed by atoms with van der Waals surface area (Å²) >= 11 is 0. The number of hydrogen-bond donors (Lipinski definition) is 3. The monoisotopic (exact) mass is 511 g/mol. The minimum absolute atomic E-state index is 0. The number of amides is 1. The summed E-state index contributed by atoms with van der Waals surface area (Å²) in [4.78, 5) is 16.8. The van der Waals surface area contributed by atoms with Gasteiger partial charge in [0.2, 0.25) is 0 Å². The van der Waals surface area contributed by atoms with Crippen molar-refractivity contribution < 1.29 is 18.3 Å². The lowest BCUT2D eigenvalue weighted by Crippen LogP contribution is -2.49. The van der Waals surface area contributed by atoms with Crippen LogP contribution in [0.15, 0.2) is 29.3 Å². The molecule has 0 radical (unpaired) electrons. The van der Waals surface area contributed by atoms with Crippen LogP contribution in [0, 0.1) is 0 Å². The molecule has 0 atom stereocenters. The fourth-order valence-electron chi connectivity index (χ4n) is 2.93. The smallest absolute Gasteiger partial charge is 0.255 e. The molecule has 158 valence electrons. The van der Waals surface area contributed by atoms with Crippen LogP contribution in [0.25, 0.3) is 0 Å². The molecule has 1 aliphatic heterocycles. The lowest BCUT2D eigenvalue weighted by Gasteiger charge is -2.32. The van der Waals surface area contributed by atoms with Crippen molar-refractivity contribution in [1.29, 1.82) is 0 Å². The Bertz CT molecular complexity index is 640. The number of hydrogen-bond acceptors (Lipinski definition) is 4. The van der Waals surface area contributed by atoms with Crippen LogP contribution in [0.4, 0.5) is 8.78 Å². The molecule has 1 aromatic carbocycles. The van der Waals surface area contributed by atoms with E-state index in [-0.39, 0.29) is 43.2 Å². The Morgan fingerprint density at radius 1 is 1.39 bits per heavy atom. The van der Waals surface area contributed by atoms with E-state index < -0.39 is 12.3 Å². The third-order valence-electron chi connectivity index (χ3n) is 4.29. The van der Waals surface area contributed by atoms with Crippen molar-refractivity contribution >= 4 is 35.8 Å². The third kappa shape index (κ3) is 9.00. The molecule has 1 amide bonds. The minimum atomic E-state index is -2.29. The molecule has 0 aromatic heterocycles. The summed E-state index contributed by atoms with van der Waals surface area (Å²) in [7, 11) is 1.69. The van der Waals surface area contributed by atoms with Gasteiger partial charge in [-0.05, 0) is 30.5 Å². The van der Waals surface area contributed by atoms with Gasteiger partial charge in [0.05, 0.1) is 6.54 Å². The van der Waals surface area contributed by atoms with E-state index in [1.165, 1.54) is 0 Å². The molecule has 10 heteroatoms. The molecule has 2 rings (SSSR count). The van der Waals surface area contributed by atoms with Crippen molar-refractivity contribution in [2.45, 2.75) is 31.9 Å². The molecule has 0 bridgehead atoms. The maximum atomic E-state index is 12.4. The lowest BCUT2D eigenvalue weighted by atomic mass is 10.1. The Morgan fingerprint density at radius 2 is 2.11 bits per heavy atom. The van der Waals surface area contributed by atoms with Crippen LogP contribution in [-0.4, -0.2) is 62.5 Å². The van der Waals surface area contributed by atoms with Gasteiger partial charge in [-0.2, -0.15) is 0 Å². The number of primary amides is 1. The molecule has 7 nitrogen and oxygen atoms in total. The number of benzene rings is 1. The number of ether oxygens (including phenoxy) is 1. The molecule has 0 saturated carbocycles. The van der Waals surface area contributed by atoms with Crippen LogP contribution >= 0.6 is 24.0 Å². The quantitative estimate of drug-likeness (QED) is 0.280. The first-order valence-electron chi connectivity index (χ1n) is 8.94. The summed E-state index contributed by atoms with van der Waals surface area (Å²) in [5.41, 5.74) is 6.04. The van der Waals surface area contributed by atoms with Crippen molar-refractivity contribution in [1.82, 2.24) is 15.5 Å². The predicted molar refractivity (Wildman–Crippen MR) is 115 cm³/mol. The predicted octanol–water partition coefficient (Wildman–Crippen LogP) is 1.56. The fraction of sp³-hybridized carbons (Fsp3) is 0.556. The van der Waals surface area contributed by atoms with E-state index in [9.17, 15) is 13.6 Å². The number of nitrogens with zero attached hydrogens (tertiary/aromatic N) is 2. The summed E-state index contributed by atoms with van der Waals surface area (Å²) < 4.78 is 30.2. The van der Waals surface area contributed by atoms with Gasteiger partial charge in [-0.15, -0.1) is 24.0 Å².